The fourth-order valence-corrected chi connectivity index (χ4v) is 5.01. The van der Waals surface area contributed by atoms with Crippen LogP contribution in [-0.4, -0.2) is 31.0 Å². The van der Waals surface area contributed by atoms with Gasteiger partial charge in [0.05, 0.1) is 11.4 Å². The molecule has 0 aromatic heterocycles. The zero-order chi connectivity index (χ0) is 22.8. The van der Waals surface area contributed by atoms with E-state index in [1.165, 1.54) is 16.4 Å². The molecule has 8 heteroatoms. The molecular formula is C25H25N5O2S. The topological polar surface area (TPSA) is 81.8 Å². The molecule has 2 aromatic rings. The second kappa shape index (κ2) is 9.23. The molecule has 0 bridgehead atoms. The Labute approximate surface area is 196 Å². The van der Waals surface area contributed by atoms with Gasteiger partial charge in [0, 0.05) is 17.9 Å². The van der Waals surface area contributed by atoms with Gasteiger partial charge in [-0.25, -0.2) is 4.98 Å². The highest BCUT2D eigenvalue weighted by atomic mass is 32.2. The highest BCUT2D eigenvalue weighted by molar-refractivity contribution is 7.99. The number of carbonyl (C=O) groups is 1. The Bertz CT molecular complexity index is 1310. The molecule has 2 aromatic carbocycles. The number of nitrogens with zero attached hydrogens (tertiary/aromatic N) is 4. The Hall–Kier alpha value is -3.39. The summed E-state index contributed by atoms with van der Waals surface area (Å²) >= 11 is 1.39. The first-order valence-electron chi connectivity index (χ1n) is 11.2. The minimum atomic E-state index is -0.136. The summed E-state index contributed by atoms with van der Waals surface area (Å²) in [5, 5.41) is 8.22. The molecule has 1 amide bonds. The number of thioether (sulfide) groups is 1. The third kappa shape index (κ3) is 4.43. The van der Waals surface area contributed by atoms with E-state index in [9.17, 15) is 9.59 Å². The summed E-state index contributed by atoms with van der Waals surface area (Å²) in [5.74, 6) is 0.585. The molecule has 3 aliphatic rings. The van der Waals surface area contributed by atoms with E-state index in [1.807, 2.05) is 61.5 Å². The van der Waals surface area contributed by atoms with Crippen molar-refractivity contribution in [2.75, 3.05) is 11.1 Å². The molecule has 1 N–H and O–H groups in total. The van der Waals surface area contributed by atoms with Gasteiger partial charge >= 0.3 is 0 Å². The molecule has 168 valence electrons. The number of hydrogen-bond acceptors (Lipinski definition) is 5. The van der Waals surface area contributed by atoms with Crippen LogP contribution in [0.25, 0.3) is 17.1 Å². The zero-order valence-corrected chi connectivity index (χ0v) is 19.3. The minimum absolute atomic E-state index is 0.0898. The van der Waals surface area contributed by atoms with Crippen molar-refractivity contribution in [1.82, 2.24) is 19.3 Å². The van der Waals surface area contributed by atoms with Crippen molar-refractivity contribution in [2.24, 2.45) is 0 Å². The Kier molecular flexibility index (Phi) is 6.00. The van der Waals surface area contributed by atoms with Crippen LogP contribution in [0.3, 0.4) is 0 Å². The molecule has 7 nitrogen and oxygen atoms in total. The van der Waals surface area contributed by atoms with E-state index in [1.54, 1.807) is 0 Å². The van der Waals surface area contributed by atoms with Crippen LogP contribution in [0, 0.1) is 6.92 Å². The monoisotopic (exact) mass is 459 g/mol. The number of benzene rings is 2. The summed E-state index contributed by atoms with van der Waals surface area (Å²) in [6.07, 6.45) is 3.95. The fraction of sp³-hybridized carbons (Fsp3) is 0.280. The van der Waals surface area contributed by atoms with Gasteiger partial charge in [-0.3, -0.25) is 9.59 Å². The smallest absolute Gasteiger partial charge is 0.284 e. The molecule has 0 atom stereocenters. The van der Waals surface area contributed by atoms with Gasteiger partial charge in [-0.1, -0.05) is 54.1 Å². The normalized spacial score (nSPS) is 13.5. The van der Waals surface area contributed by atoms with Gasteiger partial charge < -0.3 is 9.88 Å². The maximum Gasteiger partial charge on any atom is 0.284 e. The van der Waals surface area contributed by atoms with Gasteiger partial charge in [-0.2, -0.15) is 4.68 Å². The molecule has 33 heavy (non-hydrogen) atoms. The molecular weight excluding hydrogens is 434 g/mol. The van der Waals surface area contributed by atoms with Crippen LogP contribution in [0.15, 0.2) is 64.5 Å². The summed E-state index contributed by atoms with van der Waals surface area (Å²) in [7, 11) is 0. The summed E-state index contributed by atoms with van der Waals surface area (Å²) in [5.41, 5.74) is 4.08. The number of para-hydroxylation sites is 1. The van der Waals surface area contributed by atoms with Crippen LogP contribution in [-0.2, 0) is 17.8 Å². The second-order valence-electron chi connectivity index (χ2n) is 8.26. The van der Waals surface area contributed by atoms with Crippen LogP contribution >= 0.6 is 11.8 Å². The number of nitrogens with one attached hydrogen (secondary N) is 1. The van der Waals surface area contributed by atoms with Gasteiger partial charge in [0.25, 0.3) is 5.56 Å². The van der Waals surface area contributed by atoms with E-state index in [4.69, 9.17) is 4.98 Å². The predicted octanol–water partition coefficient (Wildman–Crippen LogP) is 4.30. The second-order valence-corrected chi connectivity index (χ2v) is 9.20. The van der Waals surface area contributed by atoms with Gasteiger partial charge in [0.1, 0.15) is 5.56 Å². The van der Waals surface area contributed by atoms with Gasteiger partial charge in [0.15, 0.2) is 11.0 Å². The van der Waals surface area contributed by atoms with Crippen LogP contribution in [0.1, 0.15) is 30.5 Å². The SMILES string of the molecule is Cc1ccc(NC(=O)CSc2nc3nn(-c4ccccc4)c(=O)c-3c3n2CCCCC3)cc1. The lowest BCUT2D eigenvalue weighted by Gasteiger charge is -2.17. The fourth-order valence-electron chi connectivity index (χ4n) is 4.17. The lowest BCUT2D eigenvalue weighted by molar-refractivity contribution is -0.113. The number of anilines is 1. The molecule has 0 unspecified atom stereocenters. The van der Waals surface area contributed by atoms with E-state index in [0.717, 1.165) is 60.0 Å². The average Bonchev–Trinajstić information content (AvgIpc) is 2.99. The molecule has 5 rings (SSSR count). The van der Waals surface area contributed by atoms with Crippen LogP contribution in [0.5, 0.6) is 0 Å². The standard InChI is InChI=1S/C25H25N5O2S/c1-17-11-13-18(14-12-17)26-21(31)16-33-25-27-23-22(20-10-6-3-7-15-29(20)25)24(32)30(28-23)19-8-4-2-5-9-19/h2,4-5,8-9,11-14H,3,6-7,10,15-16H2,1H3,(H,26,31). The van der Waals surface area contributed by atoms with Crippen molar-refractivity contribution in [3.05, 3.63) is 76.2 Å². The van der Waals surface area contributed by atoms with Gasteiger partial charge in [-0.05, 0) is 50.5 Å². The third-order valence-electron chi connectivity index (χ3n) is 5.84. The van der Waals surface area contributed by atoms with Crippen LogP contribution in [0.4, 0.5) is 5.69 Å². The number of rotatable bonds is 5. The first kappa shape index (κ1) is 21.5. The first-order valence-corrected chi connectivity index (χ1v) is 12.2. The Balaban J connectivity index is 1.47. The number of amides is 1. The molecule has 3 heterocycles. The third-order valence-corrected chi connectivity index (χ3v) is 6.81. The molecule has 3 aliphatic heterocycles. The number of hydrogen-bond donors (Lipinski definition) is 1. The Morgan fingerprint density at radius 2 is 1.85 bits per heavy atom. The van der Waals surface area contributed by atoms with Crippen molar-refractivity contribution in [3.8, 4) is 17.1 Å². The number of aryl methyl sites for hydroxylation is 1. The quantitative estimate of drug-likeness (QED) is 0.355. The highest BCUT2D eigenvalue weighted by Crippen LogP contribution is 2.30. The minimum Gasteiger partial charge on any atom is -0.325 e. The molecule has 0 radical (unpaired) electrons. The van der Waals surface area contributed by atoms with Crippen molar-refractivity contribution < 1.29 is 4.79 Å². The van der Waals surface area contributed by atoms with E-state index in [-0.39, 0.29) is 17.2 Å². The maximum absolute atomic E-state index is 13.3. The Morgan fingerprint density at radius 3 is 2.64 bits per heavy atom. The van der Waals surface area contributed by atoms with E-state index in [0.29, 0.717) is 11.4 Å². The van der Waals surface area contributed by atoms with Crippen molar-refractivity contribution in [1.29, 1.82) is 0 Å². The lowest BCUT2D eigenvalue weighted by Crippen LogP contribution is -2.20. The number of fused-ring (bicyclic) bond motifs is 3. The zero-order valence-electron chi connectivity index (χ0n) is 18.5. The lowest BCUT2D eigenvalue weighted by atomic mass is 10.1. The van der Waals surface area contributed by atoms with E-state index >= 15 is 0 Å². The summed E-state index contributed by atoms with van der Waals surface area (Å²) in [4.78, 5) is 30.6. The molecule has 0 saturated heterocycles. The van der Waals surface area contributed by atoms with Crippen LogP contribution < -0.4 is 10.9 Å². The molecule has 0 saturated carbocycles. The predicted molar refractivity (Wildman–Crippen MR) is 130 cm³/mol. The summed E-state index contributed by atoms with van der Waals surface area (Å²) in [6.45, 7) is 2.80. The highest BCUT2D eigenvalue weighted by Gasteiger charge is 2.27. The molecule has 0 aliphatic carbocycles. The average molecular weight is 460 g/mol. The van der Waals surface area contributed by atoms with Crippen molar-refractivity contribution in [3.63, 3.8) is 0 Å². The first-order chi connectivity index (χ1) is 16.1. The Morgan fingerprint density at radius 1 is 1.06 bits per heavy atom. The number of carbonyl (C=O) groups excluding carboxylic acids is 1. The number of aromatic nitrogens is 4. The molecule has 0 spiro atoms. The largest absolute Gasteiger partial charge is 0.325 e. The summed E-state index contributed by atoms with van der Waals surface area (Å²) in [6, 6.07) is 17.1. The van der Waals surface area contributed by atoms with Gasteiger partial charge in [0.2, 0.25) is 5.91 Å². The molecule has 0 fully saturated rings. The van der Waals surface area contributed by atoms with Gasteiger partial charge in [-0.15, -0.1) is 5.10 Å². The van der Waals surface area contributed by atoms with E-state index in [2.05, 4.69) is 15.0 Å². The van der Waals surface area contributed by atoms with E-state index < -0.39 is 0 Å². The maximum atomic E-state index is 13.3. The van der Waals surface area contributed by atoms with Crippen LogP contribution in [0.2, 0.25) is 0 Å². The van der Waals surface area contributed by atoms with Crippen molar-refractivity contribution >= 4 is 23.4 Å². The summed E-state index contributed by atoms with van der Waals surface area (Å²) < 4.78 is 3.56. The van der Waals surface area contributed by atoms with Crippen molar-refractivity contribution in [2.45, 2.75) is 44.3 Å².